The van der Waals surface area contributed by atoms with Gasteiger partial charge in [0.25, 0.3) is 0 Å². The second kappa shape index (κ2) is 7.73. The molecule has 1 amide bonds. The summed E-state index contributed by atoms with van der Waals surface area (Å²) in [6.45, 7) is 6.16. The van der Waals surface area contributed by atoms with Crippen LogP contribution in [0.25, 0.3) is 0 Å². The number of halogens is 1. The standard InChI is InChI=1S/C18H23FN4O/c19-17-11-15(12-20)3-4-16(17)13-21-7-9-22(10-8-21)14-18(24)23-5-1-2-6-23/h3-4,11H,1-2,5-10,13-14H2. The van der Waals surface area contributed by atoms with E-state index in [4.69, 9.17) is 5.26 Å². The van der Waals surface area contributed by atoms with E-state index < -0.39 is 0 Å². The summed E-state index contributed by atoms with van der Waals surface area (Å²) in [4.78, 5) is 18.5. The van der Waals surface area contributed by atoms with Crippen LogP contribution in [0.5, 0.6) is 0 Å². The van der Waals surface area contributed by atoms with E-state index in [-0.39, 0.29) is 11.7 Å². The fourth-order valence-electron chi connectivity index (χ4n) is 3.35. The molecule has 6 heteroatoms. The van der Waals surface area contributed by atoms with Crippen molar-refractivity contribution in [2.45, 2.75) is 19.4 Å². The van der Waals surface area contributed by atoms with Crippen LogP contribution in [0, 0.1) is 17.1 Å². The summed E-state index contributed by atoms with van der Waals surface area (Å²) in [6.07, 6.45) is 2.24. The van der Waals surface area contributed by atoms with Gasteiger partial charge in [-0.15, -0.1) is 0 Å². The van der Waals surface area contributed by atoms with E-state index in [9.17, 15) is 9.18 Å². The van der Waals surface area contributed by atoms with E-state index >= 15 is 0 Å². The van der Waals surface area contributed by atoms with E-state index in [1.54, 1.807) is 12.1 Å². The van der Waals surface area contributed by atoms with E-state index in [0.717, 1.165) is 52.1 Å². The highest BCUT2D eigenvalue weighted by molar-refractivity contribution is 5.78. The summed E-state index contributed by atoms with van der Waals surface area (Å²) in [5, 5.41) is 8.79. The maximum Gasteiger partial charge on any atom is 0.236 e. The molecule has 0 aliphatic carbocycles. The lowest BCUT2D eigenvalue weighted by molar-refractivity contribution is -0.131. The third kappa shape index (κ3) is 4.11. The number of benzene rings is 1. The van der Waals surface area contributed by atoms with Crippen LogP contribution in [-0.2, 0) is 11.3 Å². The van der Waals surface area contributed by atoms with Crippen molar-refractivity contribution in [3.8, 4) is 6.07 Å². The van der Waals surface area contributed by atoms with Crippen molar-refractivity contribution in [3.63, 3.8) is 0 Å². The summed E-state index contributed by atoms with van der Waals surface area (Å²) in [5.74, 6) is -0.0835. The minimum Gasteiger partial charge on any atom is -0.342 e. The maximum absolute atomic E-state index is 14.0. The van der Waals surface area contributed by atoms with Crippen LogP contribution >= 0.6 is 0 Å². The Morgan fingerprint density at radius 1 is 1.08 bits per heavy atom. The first kappa shape index (κ1) is 16.9. The summed E-state index contributed by atoms with van der Waals surface area (Å²) >= 11 is 0. The van der Waals surface area contributed by atoms with Crippen LogP contribution in [0.4, 0.5) is 4.39 Å². The molecule has 3 rings (SSSR count). The normalized spacial score (nSPS) is 19.4. The van der Waals surface area contributed by atoms with Crippen molar-refractivity contribution in [2.75, 3.05) is 45.8 Å². The van der Waals surface area contributed by atoms with Crippen LogP contribution in [0.3, 0.4) is 0 Å². The molecule has 0 spiro atoms. The Balaban J connectivity index is 1.47. The van der Waals surface area contributed by atoms with Crippen LogP contribution in [0.15, 0.2) is 18.2 Å². The number of hydrogen-bond acceptors (Lipinski definition) is 4. The lowest BCUT2D eigenvalue weighted by Crippen LogP contribution is -2.49. The number of rotatable bonds is 4. The molecule has 0 unspecified atom stereocenters. The first-order valence-electron chi connectivity index (χ1n) is 8.57. The van der Waals surface area contributed by atoms with Gasteiger partial charge in [-0.1, -0.05) is 6.07 Å². The van der Waals surface area contributed by atoms with Crippen molar-refractivity contribution in [1.29, 1.82) is 5.26 Å². The van der Waals surface area contributed by atoms with Gasteiger partial charge in [0, 0.05) is 51.4 Å². The fraction of sp³-hybridized carbons (Fsp3) is 0.556. The molecular weight excluding hydrogens is 307 g/mol. The van der Waals surface area contributed by atoms with Crippen molar-refractivity contribution in [3.05, 3.63) is 35.1 Å². The van der Waals surface area contributed by atoms with Gasteiger partial charge in [-0.05, 0) is 25.0 Å². The smallest absolute Gasteiger partial charge is 0.236 e. The van der Waals surface area contributed by atoms with Crippen molar-refractivity contribution in [2.24, 2.45) is 0 Å². The average molecular weight is 330 g/mol. The number of amides is 1. The monoisotopic (exact) mass is 330 g/mol. The highest BCUT2D eigenvalue weighted by Crippen LogP contribution is 2.14. The zero-order valence-electron chi connectivity index (χ0n) is 13.9. The summed E-state index contributed by atoms with van der Waals surface area (Å²) in [7, 11) is 0. The molecule has 0 radical (unpaired) electrons. The Labute approximate surface area is 142 Å². The topological polar surface area (TPSA) is 50.6 Å². The van der Waals surface area contributed by atoms with Gasteiger partial charge in [0.15, 0.2) is 0 Å². The molecule has 0 saturated carbocycles. The molecule has 128 valence electrons. The molecule has 1 aromatic rings. The first-order chi connectivity index (χ1) is 11.7. The number of carbonyl (C=O) groups excluding carboxylic acids is 1. The molecule has 2 fully saturated rings. The third-order valence-electron chi connectivity index (χ3n) is 4.86. The predicted octanol–water partition coefficient (Wildman–Crippen LogP) is 1.44. The van der Waals surface area contributed by atoms with Gasteiger partial charge < -0.3 is 4.90 Å². The SMILES string of the molecule is N#Cc1ccc(CN2CCN(CC(=O)N3CCCC3)CC2)c(F)c1. The Bertz CT molecular complexity index is 628. The van der Waals surface area contributed by atoms with Crippen LogP contribution in [0.1, 0.15) is 24.0 Å². The lowest BCUT2D eigenvalue weighted by Gasteiger charge is -2.35. The Hall–Kier alpha value is -1.97. The van der Waals surface area contributed by atoms with Gasteiger partial charge in [-0.2, -0.15) is 5.26 Å². The summed E-state index contributed by atoms with van der Waals surface area (Å²) < 4.78 is 14.0. The molecule has 2 aliphatic rings. The molecule has 1 aromatic carbocycles. The lowest BCUT2D eigenvalue weighted by atomic mass is 10.1. The number of nitriles is 1. The van der Waals surface area contributed by atoms with Crippen LogP contribution in [-0.4, -0.2) is 66.4 Å². The van der Waals surface area contributed by atoms with Gasteiger partial charge in [0.1, 0.15) is 5.82 Å². The molecule has 5 nitrogen and oxygen atoms in total. The van der Waals surface area contributed by atoms with Gasteiger partial charge in [0.05, 0.1) is 18.2 Å². The molecule has 0 aromatic heterocycles. The number of likely N-dealkylation sites (tertiary alicyclic amines) is 1. The quantitative estimate of drug-likeness (QED) is 0.838. The zero-order chi connectivity index (χ0) is 16.9. The van der Waals surface area contributed by atoms with E-state index in [1.807, 2.05) is 11.0 Å². The van der Waals surface area contributed by atoms with Gasteiger partial charge in [-0.3, -0.25) is 14.6 Å². The number of piperazine rings is 1. The molecule has 0 atom stereocenters. The molecule has 24 heavy (non-hydrogen) atoms. The second-order valence-electron chi connectivity index (χ2n) is 6.56. The van der Waals surface area contributed by atoms with Crippen molar-refractivity contribution >= 4 is 5.91 Å². The fourth-order valence-corrected chi connectivity index (χ4v) is 3.35. The number of nitrogens with zero attached hydrogens (tertiary/aromatic N) is 4. The minimum atomic E-state index is -0.319. The molecular formula is C18H23FN4O. The Morgan fingerprint density at radius 3 is 2.38 bits per heavy atom. The number of hydrogen-bond donors (Lipinski definition) is 0. The number of carbonyl (C=O) groups is 1. The largest absolute Gasteiger partial charge is 0.342 e. The molecule has 2 saturated heterocycles. The van der Waals surface area contributed by atoms with Crippen LogP contribution in [0.2, 0.25) is 0 Å². The van der Waals surface area contributed by atoms with Crippen LogP contribution < -0.4 is 0 Å². The van der Waals surface area contributed by atoms with Crippen molar-refractivity contribution < 1.29 is 9.18 Å². The van der Waals surface area contributed by atoms with Gasteiger partial charge in [0.2, 0.25) is 5.91 Å². The predicted molar refractivity (Wildman–Crippen MR) is 88.6 cm³/mol. The third-order valence-corrected chi connectivity index (χ3v) is 4.86. The van der Waals surface area contributed by atoms with E-state index in [2.05, 4.69) is 9.80 Å². The molecule has 0 N–H and O–H groups in total. The van der Waals surface area contributed by atoms with E-state index in [0.29, 0.717) is 24.2 Å². The summed E-state index contributed by atoms with van der Waals surface area (Å²) in [5.41, 5.74) is 0.970. The van der Waals surface area contributed by atoms with Gasteiger partial charge >= 0.3 is 0 Å². The molecule has 2 aliphatic heterocycles. The maximum atomic E-state index is 14.0. The minimum absolute atomic E-state index is 0.235. The second-order valence-corrected chi connectivity index (χ2v) is 6.56. The zero-order valence-corrected chi connectivity index (χ0v) is 13.9. The Morgan fingerprint density at radius 2 is 1.75 bits per heavy atom. The molecule has 0 bridgehead atoms. The highest BCUT2D eigenvalue weighted by atomic mass is 19.1. The molecule has 2 heterocycles. The van der Waals surface area contributed by atoms with E-state index in [1.165, 1.54) is 6.07 Å². The van der Waals surface area contributed by atoms with Gasteiger partial charge in [-0.25, -0.2) is 4.39 Å². The highest BCUT2D eigenvalue weighted by Gasteiger charge is 2.23. The Kier molecular flexibility index (Phi) is 5.44. The first-order valence-corrected chi connectivity index (χ1v) is 8.57. The summed E-state index contributed by atoms with van der Waals surface area (Å²) in [6, 6.07) is 6.59. The average Bonchev–Trinajstić information content (AvgIpc) is 3.13. The van der Waals surface area contributed by atoms with Crippen molar-refractivity contribution in [1.82, 2.24) is 14.7 Å².